The Morgan fingerprint density at radius 1 is 1.09 bits per heavy atom. The standard InChI is InChI=1S/C15H30N4O3/c1-15(2,3)19-12(20)11-18-14(16-4)17-10-8-6-7-9-13(21)22-5/h6-11H2,1-5H3,(H,19,20)(H2,16,17,18). The molecule has 0 aliphatic heterocycles. The molecule has 0 fully saturated rings. The van der Waals surface area contributed by atoms with Gasteiger partial charge < -0.3 is 20.7 Å². The molecule has 3 N–H and O–H groups in total. The van der Waals surface area contributed by atoms with Crippen LogP contribution in [0.1, 0.15) is 46.5 Å². The molecular formula is C15H30N4O3. The van der Waals surface area contributed by atoms with Crippen LogP contribution in [-0.4, -0.2) is 50.6 Å². The van der Waals surface area contributed by atoms with Gasteiger partial charge in [-0.3, -0.25) is 14.6 Å². The predicted octanol–water partition coefficient (Wildman–Crippen LogP) is 0.800. The molecule has 0 rings (SSSR count). The van der Waals surface area contributed by atoms with Crippen LogP contribution in [0, 0.1) is 0 Å². The van der Waals surface area contributed by atoms with E-state index >= 15 is 0 Å². The highest BCUT2D eigenvalue weighted by Crippen LogP contribution is 2.00. The summed E-state index contributed by atoms with van der Waals surface area (Å²) >= 11 is 0. The third-order valence-electron chi connectivity index (χ3n) is 2.73. The fourth-order valence-electron chi connectivity index (χ4n) is 1.73. The zero-order chi connectivity index (χ0) is 17.0. The van der Waals surface area contributed by atoms with Gasteiger partial charge in [0.05, 0.1) is 13.7 Å². The van der Waals surface area contributed by atoms with Crippen molar-refractivity contribution in [3.05, 3.63) is 0 Å². The van der Waals surface area contributed by atoms with Crippen LogP contribution in [0.15, 0.2) is 4.99 Å². The average molecular weight is 314 g/mol. The third kappa shape index (κ3) is 12.0. The van der Waals surface area contributed by atoms with E-state index in [-0.39, 0.29) is 24.0 Å². The smallest absolute Gasteiger partial charge is 0.305 e. The minimum atomic E-state index is -0.241. The quantitative estimate of drug-likeness (QED) is 0.267. The number of ether oxygens (including phenoxy) is 1. The summed E-state index contributed by atoms with van der Waals surface area (Å²) in [5.41, 5.74) is -0.241. The van der Waals surface area contributed by atoms with Crippen LogP contribution in [0.5, 0.6) is 0 Å². The van der Waals surface area contributed by atoms with Crippen molar-refractivity contribution < 1.29 is 14.3 Å². The van der Waals surface area contributed by atoms with Crippen LogP contribution in [0.4, 0.5) is 0 Å². The number of hydrogen-bond donors (Lipinski definition) is 3. The van der Waals surface area contributed by atoms with Crippen LogP contribution in [0.3, 0.4) is 0 Å². The maximum absolute atomic E-state index is 11.7. The van der Waals surface area contributed by atoms with Crippen molar-refractivity contribution in [3.8, 4) is 0 Å². The number of unbranched alkanes of at least 4 members (excludes halogenated alkanes) is 2. The van der Waals surface area contributed by atoms with Crippen molar-refractivity contribution in [2.45, 2.75) is 52.0 Å². The Bertz CT molecular complexity index is 375. The molecule has 0 aliphatic rings. The zero-order valence-corrected chi connectivity index (χ0v) is 14.4. The summed E-state index contributed by atoms with van der Waals surface area (Å²) < 4.78 is 4.58. The molecule has 0 aromatic heterocycles. The first-order valence-corrected chi connectivity index (χ1v) is 7.61. The van der Waals surface area contributed by atoms with E-state index in [1.165, 1.54) is 7.11 Å². The first kappa shape index (κ1) is 20.2. The molecule has 0 saturated carbocycles. The van der Waals surface area contributed by atoms with Gasteiger partial charge in [0, 0.05) is 25.6 Å². The fraction of sp³-hybridized carbons (Fsp3) is 0.800. The van der Waals surface area contributed by atoms with Gasteiger partial charge in [0.25, 0.3) is 0 Å². The number of esters is 1. The Hall–Kier alpha value is -1.79. The fourth-order valence-corrected chi connectivity index (χ4v) is 1.73. The van der Waals surface area contributed by atoms with Crippen molar-refractivity contribution in [3.63, 3.8) is 0 Å². The Morgan fingerprint density at radius 3 is 2.32 bits per heavy atom. The molecule has 0 saturated heterocycles. The monoisotopic (exact) mass is 314 g/mol. The van der Waals surface area contributed by atoms with Crippen LogP contribution in [-0.2, 0) is 14.3 Å². The molecule has 0 atom stereocenters. The van der Waals surface area contributed by atoms with Crippen LogP contribution < -0.4 is 16.0 Å². The number of amides is 1. The largest absolute Gasteiger partial charge is 0.469 e. The van der Waals surface area contributed by atoms with E-state index in [1.807, 2.05) is 20.8 Å². The van der Waals surface area contributed by atoms with Crippen LogP contribution >= 0.6 is 0 Å². The second kappa shape index (κ2) is 10.9. The Labute approximate surface area is 133 Å². The number of carbonyl (C=O) groups excluding carboxylic acids is 2. The van der Waals surface area contributed by atoms with Gasteiger partial charge in [-0.05, 0) is 33.6 Å². The predicted molar refractivity (Wildman–Crippen MR) is 87.7 cm³/mol. The van der Waals surface area contributed by atoms with Crippen molar-refractivity contribution in [1.82, 2.24) is 16.0 Å². The molecule has 0 spiro atoms. The van der Waals surface area contributed by atoms with E-state index < -0.39 is 0 Å². The number of aliphatic imine (C=N–C) groups is 1. The minimum Gasteiger partial charge on any atom is -0.469 e. The van der Waals surface area contributed by atoms with Gasteiger partial charge in [0.1, 0.15) is 0 Å². The zero-order valence-electron chi connectivity index (χ0n) is 14.4. The molecule has 0 aromatic carbocycles. The summed E-state index contributed by atoms with van der Waals surface area (Å²) in [7, 11) is 3.06. The highest BCUT2D eigenvalue weighted by Gasteiger charge is 2.13. The molecule has 128 valence electrons. The molecule has 0 unspecified atom stereocenters. The number of nitrogens with zero attached hydrogens (tertiary/aromatic N) is 1. The summed E-state index contributed by atoms with van der Waals surface area (Å²) in [6.45, 7) is 6.73. The Balaban J connectivity index is 3.77. The van der Waals surface area contributed by atoms with E-state index in [9.17, 15) is 9.59 Å². The molecule has 0 heterocycles. The topological polar surface area (TPSA) is 91.8 Å². The van der Waals surface area contributed by atoms with E-state index in [2.05, 4.69) is 25.7 Å². The molecule has 0 aliphatic carbocycles. The summed E-state index contributed by atoms with van der Waals surface area (Å²) in [5.74, 6) is 0.348. The maximum Gasteiger partial charge on any atom is 0.305 e. The van der Waals surface area contributed by atoms with E-state index in [1.54, 1.807) is 7.05 Å². The van der Waals surface area contributed by atoms with Crippen molar-refractivity contribution in [2.24, 2.45) is 4.99 Å². The lowest BCUT2D eigenvalue weighted by atomic mass is 10.1. The van der Waals surface area contributed by atoms with E-state index in [0.717, 1.165) is 25.8 Å². The van der Waals surface area contributed by atoms with Gasteiger partial charge in [0.15, 0.2) is 5.96 Å². The highest BCUT2D eigenvalue weighted by molar-refractivity contribution is 5.86. The van der Waals surface area contributed by atoms with Crippen LogP contribution in [0.25, 0.3) is 0 Å². The first-order chi connectivity index (χ1) is 10.3. The SMILES string of the molecule is CN=C(NCCCCCC(=O)OC)NCC(=O)NC(C)(C)C. The Kier molecular flexibility index (Phi) is 9.98. The Morgan fingerprint density at radius 2 is 1.77 bits per heavy atom. The number of carbonyl (C=O) groups is 2. The van der Waals surface area contributed by atoms with Gasteiger partial charge in [-0.15, -0.1) is 0 Å². The van der Waals surface area contributed by atoms with Gasteiger partial charge in [-0.25, -0.2) is 0 Å². The summed E-state index contributed by atoms with van der Waals surface area (Å²) in [6.07, 6.45) is 3.13. The molecule has 22 heavy (non-hydrogen) atoms. The number of guanidine groups is 1. The number of nitrogens with one attached hydrogen (secondary N) is 3. The average Bonchev–Trinajstić information content (AvgIpc) is 2.43. The summed E-state index contributed by atoms with van der Waals surface area (Å²) in [5, 5.41) is 8.97. The second-order valence-corrected chi connectivity index (χ2v) is 6.04. The van der Waals surface area contributed by atoms with Gasteiger partial charge >= 0.3 is 5.97 Å². The molecule has 0 bridgehead atoms. The molecular weight excluding hydrogens is 284 g/mol. The first-order valence-electron chi connectivity index (χ1n) is 7.61. The maximum atomic E-state index is 11.7. The molecule has 7 heteroatoms. The second-order valence-electron chi connectivity index (χ2n) is 6.04. The number of rotatable bonds is 8. The lowest BCUT2D eigenvalue weighted by molar-refractivity contribution is -0.140. The molecule has 0 radical (unpaired) electrons. The highest BCUT2D eigenvalue weighted by atomic mass is 16.5. The number of methoxy groups -OCH3 is 1. The van der Waals surface area contributed by atoms with E-state index in [0.29, 0.717) is 12.4 Å². The minimum absolute atomic E-state index is 0.0754. The summed E-state index contributed by atoms with van der Waals surface area (Å²) in [6, 6.07) is 0. The van der Waals surface area contributed by atoms with Crippen molar-refractivity contribution >= 4 is 17.8 Å². The lowest BCUT2D eigenvalue weighted by Gasteiger charge is -2.21. The third-order valence-corrected chi connectivity index (χ3v) is 2.73. The molecule has 7 nitrogen and oxygen atoms in total. The lowest BCUT2D eigenvalue weighted by Crippen LogP contribution is -2.48. The van der Waals surface area contributed by atoms with Gasteiger partial charge in [-0.2, -0.15) is 0 Å². The normalized spacial score (nSPS) is 11.8. The molecule has 0 aromatic rings. The summed E-state index contributed by atoms with van der Waals surface area (Å²) in [4.78, 5) is 26.7. The van der Waals surface area contributed by atoms with Gasteiger partial charge in [-0.1, -0.05) is 6.42 Å². The van der Waals surface area contributed by atoms with Crippen LogP contribution in [0.2, 0.25) is 0 Å². The van der Waals surface area contributed by atoms with Crippen molar-refractivity contribution in [2.75, 3.05) is 27.2 Å². The van der Waals surface area contributed by atoms with E-state index in [4.69, 9.17) is 0 Å². The van der Waals surface area contributed by atoms with Crippen molar-refractivity contribution in [1.29, 1.82) is 0 Å². The number of hydrogen-bond acceptors (Lipinski definition) is 4. The van der Waals surface area contributed by atoms with Gasteiger partial charge in [0.2, 0.25) is 5.91 Å². The molecule has 1 amide bonds.